The molecule has 1 atom stereocenters. The molecular weight excluding hydrogens is 333 g/mol. The van der Waals surface area contributed by atoms with Crippen molar-refractivity contribution in [2.45, 2.75) is 37.5 Å². The van der Waals surface area contributed by atoms with Gasteiger partial charge in [0, 0.05) is 38.8 Å². The maximum absolute atomic E-state index is 13.5. The van der Waals surface area contributed by atoms with Gasteiger partial charge in [-0.1, -0.05) is 6.07 Å². The number of hydrogen-bond donors (Lipinski definition) is 1. The lowest BCUT2D eigenvalue weighted by Crippen LogP contribution is -2.48. The highest BCUT2D eigenvalue weighted by molar-refractivity contribution is 7.89. The summed E-state index contributed by atoms with van der Waals surface area (Å²) in [6.45, 7) is 2.83. The Labute approximate surface area is 143 Å². The maximum Gasteiger partial charge on any atom is 0.243 e. The van der Waals surface area contributed by atoms with Crippen molar-refractivity contribution in [2.75, 3.05) is 33.4 Å². The summed E-state index contributed by atoms with van der Waals surface area (Å²) in [4.78, 5) is 0.00753. The Morgan fingerprint density at radius 1 is 1.42 bits per heavy atom. The van der Waals surface area contributed by atoms with Gasteiger partial charge in [-0.15, -0.1) is 0 Å². The summed E-state index contributed by atoms with van der Waals surface area (Å²) in [6, 6.07) is 3.81. The summed E-state index contributed by atoms with van der Waals surface area (Å²) in [6.07, 6.45) is 2.93. The molecule has 0 bridgehead atoms. The predicted octanol–water partition coefficient (Wildman–Crippen LogP) is 2.32. The Morgan fingerprint density at radius 2 is 2.17 bits per heavy atom. The number of ether oxygens (including phenoxy) is 1. The number of aliphatic hydroxyl groups is 1. The van der Waals surface area contributed by atoms with Crippen LogP contribution in [0.15, 0.2) is 23.1 Å². The molecule has 1 heterocycles. The zero-order valence-corrected chi connectivity index (χ0v) is 15.1. The van der Waals surface area contributed by atoms with E-state index in [9.17, 15) is 17.9 Å². The quantitative estimate of drug-likeness (QED) is 0.759. The molecule has 0 amide bonds. The Bertz CT molecular complexity index is 665. The van der Waals surface area contributed by atoms with Gasteiger partial charge >= 0.3 is 0 Å². The van der Waals surface area contributed by atoms with Gasteiger partial charge in [0.15, 0.2) is 0 Å². The van der Waals surface area contributed by atoms with Crippen LogP contribution in [-0.4, -0.2) is 51.2 Å². The molecule has 136 valence electrons. The Morgan fingerprint density at radius 3 is 2.83 bits per heavy atom. The molecule has 5 nitrogen and oxygen atoms in total. The van der Waals surface area contributed by atoms with Crippen LogP contribution in [0.25, 0.3) is 0 Å². The molecule has 1 unspecified atom stereocenters. The summed E-state index contributed by atoms with van der Waals surface area (Å²) >= 11 is 0. The number of aryl methyl sites for hydroxylation is 1. The third kappa shape index (κ3) is 4.14. The smallest absolute Gasteiger partial charge is 0.243 e. The number of piperidine rings is 1. The molecule has 1 aromatic rings. The van der Waals surface area contributed by atoms with Crippen molar-refractivity contribution >= 4 is 10.0 Å². The third-order valence-electron chi connectivity index (χ3n) is 4.79. The van der Waals surface area contributed by atoms with Crippen LogP contribution in [0.1, 0.15) is 31.2 Å². The van der Waals surface area contributed by atoms with E-state index in [4.69, 9.17) is 4.74 Å². The number of benzene rings is 1. The lowest BCUT2D eigenvalue weighted by Gasteiger charge is -2.41. The number of methoxy groups -OCH3 is 1. The van der Waals surface area contributed by atoms with E-state index in [0.717, 1.165) is 18.9 Å². The Kier molecular flexibility index (Phi) is 6.36. The molecule has 7 heteroatoms. The molecule has 1 aliphatic heterocycles. The minimum absolute atomic E-state index is 0.00753. The van der Waals surface area contributed by atoms with Gasteiger partial charge in [-0.25, -0.2) is 12.8 Å². The van der Waals surface area contributed by atoms with Crippen molar-refractivity contribution in [2.24, 2.45) is 5.41 Å². The van der Waals surface area contributed by atoms with Gasteiger partial charge in [-0.3, -0.25) is 0 Å². The second-order valence-corrected chi connectivity index (χ2v) is 8.51. The standard InChI is InChI=1S/C17H26FNO4S/c1-14-5-6-15(18)11-16(14)24(21,22)19-9-3-7-17(12-19,13-20)8-4-10-23-2/h5-6,11,20H,3-4,7-10,12-13H2,1-2H3. The molecule has 0 aromatic heterocycles. The average molecular weight is 359 g/mol. The number of halogens is 1. The topological polar surface area (TPSA) is 66.8 Å². The van der Waals surface area contributed by atoms with Crippen LogP contribution in [0.3, 0.4) is 0 Å². The highest BCUT2D eigenvalue weighted by Gasteiger charge is 2.39. The van der Waals surface area contributed by atoms with Crippen molar-refractivity contribution in [3.8, 4) is 0 Å². The van der Waals surface area contributed by atoms with E-state index in [1.54, 1.807) is 14.0 Å². The van der Waals surface area contributed by atoms with Gasteiger partial charge in [0.2, 0.25) is 10.0 Å². The van der Waals surface area contributed by atoms with Crippen molar-refractivity contribution in [1.82, 2.24) is 4.31 Å². The van der Waals surface area contributed by atoms with Gasteiger partial charge in [0.05, 0.1) is 4.90 Å². The first-order chi connectivity index (χ1) is 11.3. The largest absolute Gasteiger partial charge is 0.396 e. The summed E-state index contributed by atoms with van der Waals surface area (Å²) in [7, 11) is -2.15. The molecule has 0 saturated carbocycles. The van der Waals surface area contributed by atoms with E-state index in [-0.39, 0.29) is 18.0 Å². The van der Waals surface area contributed by atoms with E-state index >= 15 is 0 Å². The molecule has 2 rings (SSSR count). The van der Waals surface area contributed by atoms with E-state index in [2.05, 4.69) is 0 Å². The minimum Gasteiger partial charge on any atom is -0.396 e. The van der Waals surface area contributed by atoms with Gasteiger partial charge < -0.3 is 9.84 Å². The lowest BCUT2D eigenvalue weighted by molar-refractivity contribution is 0.0472. The Hall–Kier alpha value is -1.02. The maximum atomic E-state index is 13.5. The van der Waals surface area contributed by atoms with Crippen molar-refractivity contribution in [1.29, 1.82) is 0 Å². The molecule has 1 saturated heterocycles. The SMILES string of the molecule is COCCCC1(CO)CCCN(S(=O)(=O)c2cc(F)ccc2C)C1. The molecule has 0 spiro atoms. The summed E-state index contributed by atoms with van der Waals surface area (Å²) in [5, 5.41) is 9.87. The monoisotopic (exact) mass is 359 g/mol. The summed E-state index contributed by atoms with van der Waals surface area (Å²) in [5.41, 5.74) is 0.0707. The molecule has 1 fully saturated rings. The Balaban J connectivity index is 2.25. The molecule has 0 aliphatic carbocycles. The van der Waals surface area contributed by atoms with E-state index in [1.807, 2.05) is 0 Å². The van der Waals surface area contributed by atoms with Crippen LogP contribution in [0.5, 0.6) is 0 Å². The predicted molar refractivity (Wildman–Crippen MR) is 89.8 cm³/mol. The van der Waals surface area contributed by atoms with Gasteiger partial charge in [-0.05, 0) is 50.3 Å². The average Bonchev–Trinajstić information content (AvgIpc) is 2.57. The van der Waals surface area contributed by atoms with Crippen LogP contribution in [0.2, 0.25) is 0 Å². The highest BCUT2D eigenvalue weighted by atomic mass is 32.2. The fourth-order valence-corrected chi connectivity index (χ4v) is 5.19. The second kappa shape index (κ2) is 7.91. The summed E-state index contributed by atoms with van der Waals surface area (Å²) in [5.74, 6) is -0.565. The highest BCUT2D eigenvalue weighted by Crippen LogP contribution is 2.37. The minimum atomic E-state index is -3.78. The van der Waals surface area contributed by atoms with Gasteiger partial charge in [0.1, 0.15) is 5.82 Å². The third-order valence-corrected chi connectivity index (χ3v) is 6.77. The van der Waals surface area contributed by atoms with Crippen LogP contribution in [0.4, 0.5) is 4.39 Å². The fourth-order valence-electron chi connectivity index (χ4n) is 3.36. The van der Waals surface area contributed by atoms with E-state index < -0.39 is 21.3 Å². The zero-order valence-electron chi connectivity index (χ0n) is 14.3. The lowest BCUT2D eigenvalue weighted by atomic mass is 9.78. The molecular formula is C17H26FNO4S. The number of rotatable bonds is 7. The molecule has 24 heavy (non-hydrogen) atoms. The van der Waals surface area contributed by atoms with E-state index in [1.165, 1.54) is 16.4 Å². The first-order valence-electron chi connectivity index (χ1n) is 8.21. The molecule has 1 N–H and O–H groups in total. The van der Waals surface area contributed by atoms with Crippen LogP contribution >= 0.6 is 0 Å². The molecule has 1 aliphatic rings. The van der Waals surface area contributed by atoms with Crippen molar-refractivity contribution in [3.63, 3.8) is 0 Å². The van der Waals surface area contributed by atoms with Crippen LogP contribution in [0, 0.1) is 18.2 Å². The second-order valence-electron chi connectivity index (χ2n) is 6.61. The first-order valence-corrected chi connectivity index (χ1v) is 9.65. The number of nitrogens with zero attached hydrogens (tertiary/aromatic N) is 1. The van der Waals surface area contributed by atoms with Crippen LogP contribution in [-0.2, 0) is 14.8 Å². The number of hydrogen-bond acceptors (Lipinski definition) is 4. The van der Waals surface area contributed by atoms with Crippen LogP contribution < -0.4 is 0 Å². The molecule has 0 radical (unpaired) electrons. The number of aliphatic hydroxyl groups excluding tert-OH is 1. The summed E-state index contributed by atoms with van der Waals surface area (Å²) < 4.78 is 45.9. The molecule has 1 aromatic carbocycles. The number of sulfonamides is 1. The van der Waals surface area contributed by atoms with Crippen molar-refractivity contribution < 1.29 is 22.7 Å². The van der Waals surface area contributed by atoms with E-state index in [0.29, 0.717) is 31.6 Å². The van der Waals surface area contributed by atoms with Gasteiger partial charge in [0.25, 0.3) is 0 Å². The fraction of sp³-hybridized carbons (Fsp3) is 0.647. The zero-order chi connectivity index (χ0) is 17.8. The first kappa shape index (κ1) is 19.3. The van der Waals surface area contributed by atoms with Crippen molar-refractivity contribution in [3.05, 3.63) is 29.6 Å². The van der Waals surface area contributed by atoms with Gasteiger partial charge in [-0.2, -0.15) is 4.31 Å². The normalized spacial score (nSPS) is 22.7.